The average Bonchev–Trinajstić information content (AvgIpc) is 2.69. The number of fused-ring (bicyclic) bond motifs is 2. The minimum Gasteiger partial charge on any atom is -0.253 e. The number of rotatable bonds is 1. The molecule has 0 fully saturated rings. The molecule has 4 nitrogen and oxygen atoms in total. The highest BCUT2D eigenvalue weighted by molar-refractivity contribution is 7.92. The second kappa shape index (κ2) is 3.68. The quantitative estimate of drug-likeness (QED) is 0.788. The molecule has 3 rings (SSSR count). The summed E-state index contributed by atoms with van der Waals surface area (Å²) in [6, 6.07) is 8.05. The van der Waals surface area contributed by atoms with Crippen LogP contribution in [0.4, 0.5) is 5.82 Å². The first kappa shape index (κ1) is 11.5. The van der Waals surface area contributed by atoms with Crippen LogP contribution in [0.15, 0.2) is 24.3 Å². The van der Waals surface area contributed by atoms with Crippen LogP contribution in [0.1, 0.15) is 11.1 Å². The monoisotopic (exact) mass is 262 g/mol. The van der Waals surface area contributed by atoms with E-state index in [9.17, 15) is 8.42 Å². The molecule has 2 heterocycles. The van der Waals surface area contributed by atoms with Crippen molar-refractivity contribution in [2.45, 2.75) is 13.3 Å². The van der Waals surface area contributed by atoms with Crippen LogP contribution in [0, 0.1) is 6.92 Å². The molecule has 0 saturated heterocycles. The first-order chi connectivity index (χ1) is 8.47. The van der Waals surface area contributed by atoms with Crippen molar-refractivity contribution in [2.75, 3.05) is 17.1 Å². The predicted molar refractivity (Wildman–Crippen MR) is 72.4 cm³/mol. The van der Waals surface area contributed by atoms with Gasteiger partial charge in [0.1, 0.15) is 5.82 Å². The summed E-state index contributed by atoms with van der Waals surface area (Å²) < 4.78 is 24.8. The molecular formula is C13H14N2O2S. The highest BCUT2D eigenvalue weighted by Gasteiger charge is 2.28. The van der Waals surface area contributed by atoms with Crippen LogP contribution in [0.5, 0.6) is 0 Å². The van der Waals surface area contributed by atoms with Crippen molar-refractivity contribution in [3.05, 3.63) is 35.4 Å². The fraction of sp³-hybridized carbons (Fsp3) is 0.308. The summed E-state index contributed by atoms with van der Waals surface area (Å²) >= 11 is 0. The van der Waals surface area contributed by atoms with Crippen molar-refractivity contribution < 1.29 is 8.42 Å². The lowest BCUT2D eigenvalue weighted by Gasteiger charge is -2.15. The maximum absolute atomic E-state index is 11.7. The van der Waals surface area contributed by atoms with Gasteiger partial charge in [-0.05, 0) is 30.5 Å². The van der Waals surface area contributed by atoms with Crippen LogP contribution < -0.4 is 4.31 Å². The Hall–Kier alpha value is -1.62. The Bertz CT molecular complexity index is 738. The number of pyridine rings is 1. The average molecular weight is 262 g/mol. The molecule has 0 saturated carbocycles. The van der Waals surface area contributed by atoms with Gasteiger partial charge in [-0.3, -0.25) is 4.31 Å². The second-order valence-corrected chi connectivity index (χ2v) is 6.61. The van der Waals surface area contributed by atoms with E-state index in [1.54, 1.807) is 0 Å². The van der Waals surface area contributed by atoms with Gasteiger partial charge in [-0.2, -0.15) is 0 Å². The van der Waals surface area contributed by atoms with E-state index in [0.29, 0.717) is 12.4 Å². The maximum Gasteiger partial charge on any atom is 0.233 e. The van der Waals surface area contributed by atoms with Crippen molar-refractivity contribution in [1.29, 1.82) is 0 Å². The third kappa shape index (κ3) is 1.66. The minimum absolute atomic E-state index is 0.497. The molecule has 0 unspecified atom stereocenters. The molecule has 0 amide bonds. The number of hydrogen-bond acceptors (Lipinski definition) is 3. The Morgan fingerprint density at radius 2 is 2.11 bits per heavy atom. The Morgan fingerprint density at radius 1 is 1.33 bits per heavy atom. The second-order valence-electron chi connectivity index (χ2n) is 4.70. The number of nitrogens with zero attached hydrogens (tertiary/aromatic N) is 2. The summed E-state index contributed by atoms with van der Waals surface area (Å²) in [6.45, 7) is 2.48. The highest BCUT2D eigenvalue weighted by atomic mass is 32.2. The Kier molecular flexibility index (Phi) is 2.35. The molecule has 0 atom stereocenters. The van der Waals surface area contributed by atoms with Gasteiger partial charge < -0.3 is 0 Å². The van der Waals surface area contributed by atoms with Gasteiger partial charge in [-0.25, -0.2) is 13.4 Å². The number of hydrogen-bond donors (Lipinski definition) is 0. The first-order valence-corrected chi connectivity index (χ1v) is 7.68. The van der Waals surface area contributed by atoms with Gasteiger partial charge in [0.2, 0.25) is 10.0 Å². The Balaban J connectivity index is 2.29. The molecule has 0 spiro atoms. The van der Waals surface area contributed by atoms with Crippen molar-refractivity contribution in [2.24, 2.45) is 0 Å². The molecule has 1 aromatic carbocycles. The first-order valence-electron chi connectivity index (χ1n) is 5.84. The summed E-state index contributed by atoms with van der Waals surface area (Å²) in [6.07, 6.45) is 1.96. The van der Waals surface area contributed by atoms with E-state index >= 15 is 0 Å². The molecule has 1 aromatic heterocycles. The summed E-state index contributed by atoms with van der Waals surface area (Å²) in [7, 11) is -3.23. The van der Waals surface area contributed by atoms with E-state index in [0.717, 1.165) is 28.5 Å². The summed E-state index contributed by atoms with van der Waals surface area (Å²) in [5, 5.41) is 1.07. The fourth-order valence-corrected chi connectivity index (χ4v) is 3.33. The van der Waals surface area contributed by atoms with E-state index < -0.39 is 10.0 Å². The van der Waals surface area contributed by atoms with Crippen molar-refractivity contribution in [3.8, 4) is 0 Å². The van der Waals surface area contributed by atoms with Crippen LogP contribution >= 0.6 is 0 Å². The largest absolute Gasteiger partial charge is 0.253 e. The topological polar surface area (TPSA) is 50.3 Å². The fourth-order valence-electron chi connectivity index (χ4n) is 2.43. The van der Waals surface area contributed by atoms with Crippen LogP contribution in [0.3, 0.4) is 0 Å². The highest BCUT2D eigenvalue weighted by Crippen LogP contribution is 2.31. The van der Waals surface area contributed by atoms with E-state index in [1.807, 2.05) is 25.1 Å². The number of sulfonamides is 1. The van der Waals surface area contributed by atoms with E-state index in [2.05, 4.69) is 11.1 Å². The molecule has 1 aliphatic heterocycles. The molecule has 2 aromatic rings. The standard InChI is InChI=1S/C13H14N2O2S/c1-9-4-3-5-10-8-11-6-7-15(18(2,16)17)13(11)14-12(9)10/h3-5,8H,6-7H2,1-2H3. The normalized spacial score (nSPS) is 15.1. The van der Waals surface area contributed by atoms with E-state index in [-0.39, 0.29) is 0 Å². The summed E-state index contributed by atoms with van der Waals surface area (Å²) in [5.41, 5.74) is 2.96. The smallest absolute Gasteiger partial charge is 0.233 e. The van der Waals surface area contributed by atoms with Gasteiger partial charge in [0.15, 0.2) is 0 Å². The summed E-state index contributed by atoms with van der Waals surface area (Å²) in [5.74, 6) is 0.597. The molecule has 18 heavy (non-hydrogen) atoms. The molecule has 0 aliphatic carbocycles. The summed E-state index contributed by atoms with van der Waals surface area (Å²) in [4.78, 5) is 4.55. The van der Waals surface area contributed by atoms with Gasteiger partial charge >= 0.3 is 0 Å². The Morgan fingerprint density at radius 3 is 2.83 bits per heavy atom. The predicted octanol–water partition coefficient (Wildman–Crippen LogP) is 1.87. The lowest BCUT2D eigenvalue weighted by molar-refractivity contribution is 0.598. The zero-order chi connectivity index (χ0) is 12.9. The van der Waals surface area contributed by atoms with Crippen molar-refractivity contribution in [3.63, 3.8) is 0 Å². The zero-order valence-corrected chi connectivity index (χ0v) is 11.2. The van der Waals surface area contributed by atoms with Crippen LogP contribution in [-0.4, -0.2) is 26.2 Å². The molecule has 94 valence electrons. The minimum atomic E-state index is -3.23. The molecule has 1 aliphatic rings. The molecular weight excluding hydrogens is 248 g/mol. The third-order valence-corrected chi connectivity index (χ3v) is 4.48. The Labute approximate surface area is 106 Å². The molecule has 0 radical (unpaired) electrons. The van der Waals surface area contributed by atoms with Gasteiger partial charge in [0, 0.05) is 11.9 Å². The van der Waals surface area contributed by atoms with Gasteiger partial charge in [0.05, 0.1) is 11.8 Å². The van der Waals surface area contributed by atoms with Crippen molar-refractivity contribution >= 4 is 26.7 Å². The number of aryl methyl sites for hydroxylation is 1. The number of anilines is 1. The van der Waals surface area contributed by atoms with Crippen molar-refractivity contribution in [1.82, 2.24) is 4.98 Å². The molecule has 0 N–H and O–H groups in total. The van der Waals surface area contributed by atoms with Crippen LogP contribution in [-0.2, 0) is 16.4 Å². The van der Waals surface area contributed by atoms with Gasteiger partial charge in [-0.1, -0.05) is 18.2 Å². The molecule has 5 heteroatoms. The number of aromatic nitrogens is 1. The van der Waals surface area contributed by atoms with E-state index in [1.165, 1.54) is 10.6 Å². The van der Waals surface area contributed by atoms with Crippen LogP contribution in [0.2, 0.25) is 0 Å². The van der Waals surface area contributed by atoms with Crippen LogP contribution in [0.25, 0.3) is 10.9 Å². The van der Waals surface area contributed by atoms with E-state index in [4.69, 9.17) is 0 Å². The van der Waals surface area contributed by atoms with Gasteiger partial charge in [0.25, 0.3) is 0 Å². The SMILES string of the molecule is Cc1cccc2cc3c(nc12)N(S(C)(=O)=O)CC3. The lowest BCUT2D eigenvalue weighted by atomic mass is 10.1. The third-order valence-electron chi connectivity index (χ3n) is 3.32. The number of para-hydroxylation sites is 1. The maximum atomic E-state index is 11.7. The number of benzene rings is 1. The zero-order valence-electron chi connectivity index (χ0n) is 10.3. The molecule has 0 bridgehead atoms. The van der Waals surface area contributed by atoms with Gasteiger partial charge in [-0.15, -0.1) is 0 Å². The lowest BCUT2D eigenvalue weighted by Crippen LogP contribution is -2.28.